The molecule has 0 aliphatic heterocycles. The van der Waals surface area contributed by atoms with Crippen molar-refractivity contribution in [1.29, 1.82) is 0 Å². The Hall–Kier alpha value is -6.11. The molecular weight excluding hydrogens is 595 g/mol. The maximum atomic E-state index is 4.92. The van der Waals surface area contributed by atoms with Crippen LogP contribution in [0, 0.1) is 0 Å². The number of fused-ring (bicyclic) bond motifs is 4. The van der Waals surface area contributed by atoms with E-state index in [-0.39, 0.29) is 0 Å². The van der Waals surface area contributed by atoms with E-state index in [0.29, 0.717) is 17.5 Å². The van der Waals surface area contributed by atoms with Gasteiger partial charge in [0, 0.05) is 49.9 Å². The lowest BCUT2D eigenvalue weighted by atomic mass is 9.99. The summed E-state index contributed by atoms with van der Waals surface area (Å²) < 4.78 is 2.42. The summed E-state index contributed by atoms with van der Waals surface area (Å²) in [4.78, 5) is 24.3. The van der Waals surface area contributed by atoms with Gasteiger partial charge in [0.2, 0.25) is 0 Å². The summed E-state index contributed by atoms with van der Waals surface area (Å²) >= 11 is 1.77. The summed E-state index contributed by atoms with van der Waals surface area (Å²) in [6.45, 7) is 0. The van der Waals surface area contributed by atoms with Gasteiger partial charge in [-0.1, -0.05) is 109 Å². The van der Waals surface area contributed by atoms with Gasteiger partial charge in [0.05, 0.1) is 10.4 Å². The summed E-state index contributed by atoms with van der Waals surface area (Å²) in [5, 5.41) is 4.66. The summed E-state index contributed by atoms with van der Waals surface area (Å²) in [5.74, 6) is 1.93. The van der Waals surface area contributed by atoms with Gasteiger partial charge < -0.3 is 0 Å². The van der Waals surface area contributed by atoms with Gasteiger partial charge in [0.1, 0.15) is 5.69 Å². The number of nitrogens with zero attached hydrogens (tertiary/aromatic N) is 5. The molecule has 6 heteroatoms. The minimum Gasteiger partial charge on any atom is -0.254 e. The van der Waals surface area contributed by atoms with Crippen molar-refractivity contribution in [1.82, 2.24) is 24.9 Å². The van der Waals surface area contributed by atoms with Gasteiger partial charge in [-0.15, -0.1) is 11.3 Å². The van der Waals surface area contributed by atoms with E-state index in [9.17, 15) is 0 Å². The van der Waals surface area contributed by atoms with E-state index in [1.807, 2.05) is 73.1 Å². The fraction of sp³-hybridized carbons (Fsp3) is 0. The predicted molar refractivity (Wildman–Crippen MR) is 193 cm³/mol. The zero-order valence-corrected chi connectivity index (χ0v) is 25.9. The van der Waals surface area contributed by atoms with Crippen molar-refractivity contribution >= 4 is 42.3 Å². The lowest BCUT2D eigenvalue weighted by Gasteiger charge is -2.10. The van der Waals surface area contributed by atoms with Crippen LogP contribution in [-0.2, 0) is 0 Å². The molecule has 0 fully saturated rings. The summed E-state index contributed by atoms with van der Waals surface area (Å²) in [6, 6.07) is 47.7. The number of hydrogen-bond donors (Lipinski definition) is 0. The molecule has 5 aromatic carbocycles. The summed E-state index contributed by atoms with van der Waals surface area (Å²) in [5.41, 5.74) is 6.80. The molecule has 5 nitrogen and oxygen atoms in total. The van der Waals surface area contributed by atoms with Crippen molar-refractivity contribution in [3.8, 4) is 56.7 Å². The van der Waals surface area contributed by atoms with Crippen LogP contribution in [0.15, 0.2) is 152 Å². The molecule has 0 radical (unpaired) electrons. The Labute approximate surface area is 275 Å². The molecule has 9 aromatic rings. The average Bonchev–Trinajstić information content (AvgIpc) is 3.54. The van der Waals surface area contributed by atoms with Crippen LogP contribution in [0.1, 0.15) is 0 Å². The molecule has 47 heavy (non-hydrogen) atoms. The van der Waals surface area contributed by atoms with Gasteiger partial charge in [-0.05, 0) is 46.8 Å². The number of pyridine rings is 2. The first-order valence-electron chi connectivity index (χ1n) is 15.4. The van der Waals surface area contributed by atoms with Crippen LogP contribution in [0.3, 0.4) is 0 Å². The lowest BCUT2D eigenvalue weighted by molar-refractivity contribution is 1.07. The van der Waals surface area contributed by atoms with E-state index in [1.165, 1.54) is 15.5 Å². The Morgan fingerprint density at radius 3 is 1.83 bits per heavy atom. The van der Waals surface area contributed by atoms with Gasteiger partial charge in [-0.2, -0.15) is 0 Å². The molecule has 0 spiro atoms. The Morgan fingerprint density at radius 1 is 0.426 bits per heavy atom. The molecule has 0 aliphatic carbocycles. The number of hydrogen-bond acceptors (Lipinski definition) is 6. The van der Waals surface area contributed by atoms with Crippen molar-refractivity contribution in [2.24, 2.45) is 0 Å². The topological polar surface area (TPSA) is 64.5 Å². The first kappa shape index (κ1) is 27.2. The first-order chi connectivity index (χ1) is 23.3. The quantitative estimate of drug-likeness (QED) is 0.192. The third kappa shape index (κ3) is 5.01. The molecule has 0 bridgehead atoms. The number of thiophene rings is 1. The molecule has 0 amide bonds. The molecule has 0 aliphatic rings. The Balaban J connectivity index is 1.10. The van der Waals surface area contributed by atoms with Crippen LogP contribution in [0.25, 0.3) is 87.6 Å². The van der Waals surface area contributed by atoms with Crippen LogP contribution in [0.2, 0.25) is 0 Å². The minimum atomic E-state index is 0.634. The molecule has 0 saturated carbocycles. The maximum absolute atomic E-state index is 4.92. The van der Waals surface area contributed by atoms with Crippen molar-refractivity contribution in [2.45, 2.75) is 0 Å². The standard InChI is InChI=1S/C41H25N5S/c1-3-10-26(11-4-1)39-44-40(27-12-5-2-6-13-27)46-41(45-39)31-15-9-14-28(22-31)29-18-19-30-24-35(43-25-32(30)23-29)37-38-34(20-21-42-37)33-16-7-8-17-36(33)47-38/h1-25H. The van der Waals surface area contributed by atoms with Crippen LogP contribution >= 0.6 is 11.3 Å². The minimum absolute atomic E-state index is 0.634. The number of aromatic nitrogens is 5. The summed E-state index contributed by atoms with van der Waals surface area (Å²) in [7, 11) is 0. The fourth-order valence-electron chi connectivity index (χ4n) is 6.06. The second-order valence-corrected chi connectivity index (χ2v) is 12.4. The highest BCUT2D eigenvalue weighted by Crippen LogP contribution is 2.39. The van der Waals surface area contributed by atoms with E-state index < -0.39 is 0 Å². The second kappa shape index (κ2) is 11.4. The maximum Gasteiger partial charge on any atom is 0.164 e. The van der Waals surface area contributed by atoms with Gasteiger partial charge in [0.15, 0.2) is 17.5 Å². The molecule has 4 heterocycles. The highest BCUT2D eigenvalue weighted by atomic mass is 32.1. The van der Waals surface area contributed by atoms with Gasteiger partial charge in [-0.3, -0.25) is 9.97 Å². The average molecular weight is 620 g/mol. The molecule has 9 rings (SSSR count). The highest BCUT2D eigenvalue weighted by Gasteiger charge is 2.15. The smallest absolute Gasteiger partial charge is 0.164 e. The molecule has 0 atom stereocenters. The second-order valence-electron chi connectivity index (χ2n) is 11.4. The molecule has 0 N–H and O–H groups in total. The highest BCUT2D eigenvalue weighted by molar-refractivity contribution is 7.26. The number of benzene rings is 5. The third-order valence-corrected chi connectivity index (χ3v) is 9.60. The van der Waals surface area contributed by atoms with Crippen LogP contribution in [-0.4, -0.2) is 24.9 Å². The predicted octanol–water partition coefficient (Wildman–Crippen LogP) is 10.5. The fourth-order valence-corrected chi connectivity index (χ4v) is 7.26. The Morgan fingerprint density at radius 2 is 1.06 bits per heavy atom. The molecule has 0 saturated heterocycles. The lowest BCUT2D eigenvalue weighted by Crippen LogP contribution is -2.00. The van der Waals surface area contributed by atoms with Gasteiger partial charge >= 0.3 is 0 Å². The molecule has 4 aromatic heterocycles. The van der Waals surface area contributed by atoms with Crippen LogP contribution < -0.4 is 0 Å². The number of rotatable bonds is 5. The van der Waals surface area contributed by atoms with Crippen LogP contribution in [0.4, 0.5) is 0 Å². The molecule has 0 unspecified atom stereocenters. The van der Waals surface area contributed by atoms with E-state index in [2.05, 4.69) is 78.9 Å². The zero-order valence-electron chi connectivity index (χ0n) is 25.1. The normalized spacial score (nSPS) is 11.4. The monoisotopic (exact) mass is 619 g/mol. The van der Waals surface area contributed by atoms with Gasteiger partial charge in [-0.25, -0.2) is 15.0 Å². The van der Waals surface area contributed by atoms with Crippen molar-refractivity contribution in [3.63, 3.8) is 0 Å². The SMILES string of the molecule is c1ccc(-c2nc(-c3ccccc3)nc(-c3cccc(-c4ccc5cc(-c6nccc7c6sc6ccccc67)ncc5c4)c3)n2)cc1. The van der Waals surface area contributed by atoms with Crippen molar-refractivity contribution in [3.05, 3.63) is 152 Å². The van der Waals surface area contributed by atoms with Crippen molar-refractivity contribution in [2.75, 3.05) is 0 Å². The molecular formula is C41H25N5S. The Kier molecular flexibility index (Phi) is 6.58. The Bertz CT molecular complexity index is 2520. The van der Waals surface area contributed by atoms with E-state index in [4.69, 9.17) is 24.9 Å². The van der Waals surface area contributed by atoms with E-state index in [0.717, 1.165) is 54.7 Å². The zero-order chi connectivity index (χ0) is 31.2. The summed E-state index contributed by atoms with van der Waals surface area (Å²) in [6.07, 6.45) is 3.84. The van der Waals surface area contributed by atoms with Crippen molar-refractivity contribution < 1.29 is 0 Å². The van der Waals surface area contributed by atoms with Gasteiger partial charge in [0.25, 0.3) is 0 Å². The molecule has 220 valence electrons. The van der Waals surface area contributed by atoms with Crippen LogP contribution in [0.5, 0.6) is 0 Å². The first-order valence-corrected chi connectivity index (χ1v) is 16.2. The van der Waals surface area contributed by atoms with E-state index in [1.54, 1.807) is 11.3 Å². The third-order valence-electron chi connectivity index (χ3n) is 8.41. The van der Waals surface area contributed by atoms with E-state index >= 15 is 0 Å². The largest absolute Gasteiger partial charge is 0.254 e.